The van der Waals surface area contributed by atoms with Gasteiger partial charge in [-0.2, -0.15) is 0 Å². The van der Waals surface area contributed by atoms with Crippen LogP contribution in [0.1, 0.15) is 0 Å². The van der Waals surface area contributed by atoms with E-state index in [1.807, 2.05) is 0 Å². The number of halogens is 1. The molecule has 11 heteroatoms. The van der Waals surface area contributed by atoms with E-state index >= 15 is 0 Å². The van der Waals surface area contributed by atoms with Gasteiger partial charge in [-0.05, 0) is 48.5 Å². The van der Waals surface area contributed by atoms with Gasteiger partial charge >= 0.3 is 5.69 Å². The van der Waals surface area contributed by atoms with Crippen LogP contribution in [0.2, 0.25) is 5.02 Å². The van der Waals surface area contributed by atoms with Crippen LogP contribution < -0.4 is 20.0 Å². The molecule has 9 nitrogen and oxygen atoms in total. The monoisotopic (exact) mass is 514 g/mol. The number of ether oxygens (including phenoxy) is 1. The highest BCUT2D eigenvalue weighted by Gasteiger charge is 2.29. The molecule has 1 aromatic heterocycles. The van der Waals surface area contributed by atoms with Crippen molar-refractivity contribution in [1.82, 2.24) is 9.13 Å². The molecule has 0 aliphatic carbocycles. The molecule has 35 heavy (non-hydrogen) atoms. The number of fused-ring (bicyclic) bond motifs is 1. The number of aromatic nitrogens is 2. The lowest BCUT2D eigenvalue weighted by molar-refractivity contribution is -0.114. The molecule has 0 atom stereocenters. The number of amides is 1. The number of nitrogens with one attached hydrogen (secondary N) is 1. The van der Waals surface area contributed by atoms with Crippen molar-refractivity contribution >= 4 is 49.9 Å². The lowest BCUT2D eigenvalue weighted by atomic mass is 10.2. The third-order valence-corrected chi connectivity index (χ3v) is 7.59. The number of carbonyl (C=O) groups excluding carboxylic acids is 1. The summed E-state index contributed by atoms with van der Waals surface area (Å²) in [6.45, 7) is -0.542. The number of sulfonamides is 1. The molecule has 0 bridgehead atoms. The van der Waals surface area contributed by atoms with Crippen molar-refractivity contribution in [3.63, 3.8) is 0 Å². The van der Waals surface area contributed by atoms with E-state index in [0.29, 0.717) is 16.7 Å². The molecule has 0 unspecified atom stereocenters. The Labute approximate surface area is 207 Å². The smallest absolute Gasteiger partial charge is 0.328 e. The first kappa shape index (κ1) is 24.4. The summed E-state index contributed by atoms with van der Waals surface area (Å²) in [4.78, 5) is 25.3. The number of aryl methyl sites for hydroxylation is 2. The van der Waals surface area contributed by atoms with Crippen LogP contribution in [0.25, 0.3) is 11.0 Å². The Kier molecular flexibility index (Phi) is 6.60. The van der Waals surface area contributed by atoms with E-state index in [-0.39, 0.29) is 27.0 Å². The molecule has 3 aromatic carbocycles. The van der Waals surface area contributed by atoms with Crippen molar-refractivity contribution in [1.29, 1.82) is 0 Å². The van der Waals surface area contributed by atoms with E-state index in [1.165, 1.54) is 40.5 Å². The van der Waals surface area contributed by atoms with Gasteiger partial charge in [0.1, 0.15) is 12.3 Å². The fourth-order valence-electron chi connectivity index (χ4n) is 3.79. The Hall–Kier alpha value is -3.76. The van der Waals surface area contributed by atoms with Crippen molar-refractivity contribution in [2.45, 2.75) is 4.90 Å². The number of anilines is 2. The normalized spacial score (nSPS) is 11.4. The fraction of sp³-hybridized carbons (Fsp3) is 0.167. The van der Waals surface area contributed by atoms with Crippen molar-refractivity contribution in [3.8, 4) is 5.75 Å². The highest BCUT2D eigenvalue weighted by molar-refractivity contribution is 7.92. The first-order chi connectivity index (χ1) is 16.6. The van der Waals surface area contributed by atoms with Crippen LogP contribution in [0.4, 0.5) is 11.4 Å². The number of carbonyl (C=O) groups is 1. The van der Waals surface area contributed by atoms with Crippen LogP contribution in [-0.4, -0.2) is 37.1 Å². The van der Waals surface area contributed by atoms with Crippen LogP contribution in [0.3, 0.4) is 0 Å². The second-order valence-corrected chi connectivity index (χ2v) is 10.1. The van der Waals surface area contributed by atoms with Gasteiger partial charge in [0.05, 0.1) is 28.7 Å². The van der Waals surface area contributed by atoms with E-state index in [1.54, 1.807) is 56.6 Å². The summed E-state index contributed by atoms with van der Waals surface area (Å²) in [7, 11) is 0.548. The Balaban J connectivity index is 1.72. The van der Waals surface area contributed by atoms with Crippen LogP contribution >= 0.6 is 11.6 Å². The quantitative estimate of drug-likeness (QED) is 0.407. The van der Waals surface area contributed by atoms with Crippen molar-refractivity contribution in [2.75, 3.05) is 23.3 Å². The molecular formula is C24H23ClN4O5S. The Morgan fingerprint density at radius 1 is 1.00 bits per heavy atom. The second kappa shape index (κ2) is 9.47. The van der Waals surface area contributed by atoms with Gasteiger partial charge in [-0.3, -0.25) is 18.2 Å². The highest BCUT2D eigenvalue weighted by Crippen LogP contribution is 2.34. The number of methoxy groups -OCH3 is 1. The summed E-state index contributed by atoms with van der Waals surface area (Å²) in [6.07, 6.45) is 0. The van der Waals surface area contributed by atoms with E-state index in [4.69, 9.17) is 16.3 Å². The van der Waals surface area contributed by atoms with E-state index in [0.717, 1.165) is 4.31 Å². The lowest BCUT2D eigenvalue weighted by Gasteiger charge is -2.26. The second-order valence-electron chi connectivity index (χ2n) is 7.79. The zero-order valence-electron chi connectivity index (χ0n) is 19.2. The summed E-state index contributed by atoms with van der Waals surface area (Å²) >= 11 is 6.16. The molecule has 0 aliphatic heterocycles. The lowest BCUT2D eigenvalue weighted by Crippen LogP contribution is -2.38. The molecule has 1 heterocycles. The standard InChI is InChI=1S/C24H23ClN4O5S/c1-27-19-11-10-17(14-20(19)28(2)24(27)31)26-23(30)15-29(21-13-16(25)9-12-22(21)34-3)35(32,33)18-7-5-4-6-8-18/h4-14H,15H2,1-3H3,(H,26,30). The van der Waals surface area contributed by atoms with Gasteiger partial charge in [-0.1, -0.05) is 29.8 Å². The van der Waals surface area contributed by atoms with Crippen molar-refractivity contribution in [3.05, 3.63) is 82.2 Å². The molecule has 0 saturated carbocycles. The maximum absolute atomic E-state index is 13.6. The fourth-order valence-corrected chi connectivity index (χ4v) is 5.40. The largest absolute Gasteiger partial charge is 0.495 e. The third-order valence-electron chi connectivity index (χ3n) is 5.58. The van der Waals surface area contributed by atoms with Gasteiger partial charge in [0, 0.05) is 24.8 Å². The summed E-state index contributed by atoms with van der Waals surface area (Å²) in [5.74, 6) is -0.353. The highest BCUT2D eigenvalue weighted by atomic mass is 35.5. The zero-order chi connectivity index (χ0) is 25.3. The molecular weight excluding hydrogens is 492 g/mol. The number of benzene rings is 3. The Morgan fingerprint density at radius 2 is 1.69 bits per heavy atom. The molecule has 0 aliphatic rings. The summed E-state index contributed by atoms with van der Waals surface area (Å²) in [6, 6.07) is 17.3. The first-order valence-electron chi connectivity index (χ1n) is 10.5. The predicted molar refractivity (Wildman–Crippen MR) is 136 cm³/mol. The van der Waals surface area contributed by atoms with Gasteiger partial charge in [0.2, 0.25) is 5.91 Å². The first-order valence-corrected chi connectivity index (χ1v) is 12.3. The Bertz CT molecular complexity index is 1580. The van der Waals surface area contributed by atoms with E-state index < -0.39 is 22.5 Å². The van der Waals surface area contributed by atoms with Crippen molar-refractivity contribution in [2.24, 2.45) is 14.1 Å². The molecule has 0 saturated heterocycles. The van der Waals surface area contributed by atoms with Gasteiger partial charge in [-0.15, -0.1) is 0 Å². The minimum Gasteiger partial charge on any atom is -0.495 e. The molecule has 1 amide bonds. The average Bonchev–Trinajstić information content (AvgIpc) is 3.06. The minimum atomic E-state index is -4.15. The van der Waals surface area contributed by atoms with Gasteiger partial charge in [0.25, 0.3) is 10.0 Å². The molecule has 4 rings (SSSR count). The molecule has 4 aromatic rings. The van der Waals surface area contributed by atoms with Gasteiger partial charge in [-0.25, -0.2) is 13.2 Å². The topological polar surface area (TPSA) is 103 Å². The van der Waals surface area contributed by atoms with Crippen molar-refractivity contribution < 1.29 is 17.9 Å². The number of hydrogen-bond donors (Lipinski definition) is 1. The molecule has 0 spiro atoms. The molecule has 1 N–H and O–H groups in total. The van der Waals surface area contributed by atoms with Gasteiger partial charge < -0.3 is 10.1 Å². The van der Waals surface area contributed by atoms with Crippen LogP contribution in [-0.2, 0) is 28.9 Å². The number of hydrogen-bond acceptors (Lipinski definition) is 5. The summed E-state index contributed by atoms with van der Waals surface area (Å²) in [5.41, 5.74) is 1.67. The van der Waals surface area contributed by atoms with Gasteiger partial charge in [0.15, 0.2) is 0 Å². The van der Waals surface area contributed by atoms with Crippen LogP contribution in [0.5, 0.6) is 5.75 Å². The molecule has 0 radical (unpaired) electrons. The van der Waals surface area contributed by atoms with E-state index in [9.17, 15) is 18.0 Å². The summed E-state index contributed by atoms with van der Waals surface area (Å²) < 4.78 is 36.4. The summed E-state index contributed by atoms with van der Waals surface area (Å²) in [5, 5.41) is 3.00. The molecule has 0 fully saturated rings. The zero-order valence-corrected chi connectivity index (χ0v) is 20.8. The Morgan fingerprint density at radius 3 is 2.37 bits per heavy atom. The third kappa shape index (κ3) is 4.62. The van der Waals surface area contributed by atoms with E-state index in [2.05, 4.69) is 5.32 Å². The maximum Gasteiger partial charge on any atom is 0.328 e. The average molecular weight is 515 g/mol. The van der Waals surface area contributed by atoms with Crippen LogP contribution in [0, 0.1) is 0 Å². The van der Waals surface area contributed by atoms with Crippen LogP contribution in [0.15, 0.2) is 76.4 Å². The number of rotatable bonds is 7. The predicted octanol–water partition coefficient (Wildman–Crippen LogP) is 3.37. The SMILES string of the molecule is COc1ccc(Cl)cc1N(CC(=O)Nc1ccc2c(c1)n(C)c(=O)n2C)S(=O)(=O)c1ccccc1. The molecule has 182 valence electrons. The maximum atomic E-state index is 13.6. The number of nitrogens with zero attached hydrogens (tertiary/aromatic N) is 3. The minimum absolute atomic E-state index is 0.00975. The number of imidazole rings is 1.